The van der Waals surface area contributed by atoms with Crippen molar-refractivity contribution in [1.82, 2.24) is 14.8 Å². The zero-order valence-corrected chi connectivity index (χ0v) is 19.0. The highest BCUT2D eigenvalue weighted by Crippen LogP contribution is 2.43. The van der Waals surface area contributed by atoms with E-state index >= 15 is 0 Å². The Bertz CT molecular complexity index is 1260. The number of hydrogen-bond acceptors (Lipinski definition) is 4. The second-order valence-electron chi connectivity index (χ2n) is 9.03. The second kappa shape index (κ2) is 8.01. The van der Waals surface area contributed by atoms with Crippen LogP contribution < -0.4 is 5.73 Å². The number of pyridine rings is 1. The van der Waals surface area contributed by atoms with Crippen molar-refractivity contribution in [2.75, 3.05) is 19.6 Å². The third kappa shape index (κ3) is 4.03. The highest BCUT2D eigenvalue weighted by molar-refractivity contribution is 6.35. The van der Waals surface area contributed by atoms with Crippen LogP contribution in [0.15, 0.2) is 48.5 Å². The fourth-order valence-corrected chi connectivity index (χ4v) is 4.74. The van der Waals surface area contributed by atoms with E-state index in [0.29, 0.717) is 35.7 Å². The Hall–Kier alpha value is -3.16. The molecule has 0 spiro atoms. The SMILES string of the molecule is CC1CN(C(=O)c2ccc3c(Cl)cc(-c4ccc(C5(N)CC5)cc4)nc3c2)CCN1C(=O)O. The number of benzene rings is 2. The van der Waals surface area contributed by atoms with Gasteiger partial charge in [-0.25, -0.2) is 9.78 Å². The number of amides is 2. The molecule has 1 atom stereocenters. The van der Waals surface area contributed by atoms with Crippen LogP contribution in [0, 0.1) is 0 Å². The van der Waals surface area contributed by atoms with Crippen LogP contribution in [-0.2, 0) is 5.54 Å². The maximum absolute atomic E-state index is 13.1. The lowest BCUT2D eigenvalue weighted by Gasteiger charge is -2.38. The summed E-state index contributed by atoms with van der Waals surface area (Å²) in [5, 5.41) is 10.6. The molecule has 1 aliphatic heterocycles. The van der Waals surface area contributed by atoms with Crippen LogP contribution in [-0.4, -0.2) is 57.6 Å². The van der Waals surface area contributed by atoms with E-state index in [1.54, 1.807) is 17.0 Å². The molecule has 2 amide bonds. The summed E-state index contributed by atoms with van der Waals surface area (Å²) in [5.41, 5.74) is 10.0. The highest BCUT2D eigenvalue weighted by Gasteiger charge is 2.39. The number of nitrogens with two attached hydrogens (primary N) is 1. The minimum Gasteiger partial charge on any atom is -0.465 e. The van der Waals surface area contributed by atoms with Gasteiger partial charge in [-0.3, -0.25) is 4.79 Å². The van der Waals surface area contributed by atoms with Gasteiger partial charge in [-0.05, 0) is 43.5 Å². The molecule has 2 aliphatic rings. The first-order valence-corrected chi connectivity index (χ1v) is 11.4. The van der Waals surface area contributed by atoms with E-state index in [1.807, 2.05) is 43.3 Å². The fraction of sp³-hybridized carbons (Fsp3) is 0.320. The summed E-state index contributed by atoms with van der Waals surface area (Å²) in [5.74, 6) is -0.140. The number of aromatic nitrogens is 1. The average molecular weight is 465 g/mol. The Kier molecular flexibility index (Phi) is 5.26. The molecule has 1 aliphatic carbocycles. The van der Waals surface area contributed by atoms with Crippen LogP contribution in [0.4, 0.5) is 4.79 Å². The summed E-state index contributed by atoms with van der Waals surface area (Å²) in [6.45, 7) is 2.82. The van der Waals surface area contributed by atoms with E-state index < -0.39 is 6.09 Å². The molecular formula is C25H25ClN4O3. The first-order valence-electron chi connectivity index (χ1n) is 11.0. The quantitative estimate of drug-likeness (QED) is 0.601. The summed E-state index contributed by atoms with van der Waals surface area (Å²) >= 11 is 6.55. The van der Waals surface area contributed by atoms with Crippen molar-refractivity contribution in [2.24, 2.45) is 5.73 Å². The monoisotopic (exact) mass is 464 g/mol. The molecule has 7 nitrogen and oxygen atoms in total. The number of carbonyl (C=O) groups is 2. The molecule has 3 aromatic rings. The summed E-state index contributed by atoms with van der Waals surface area (Å²) in [4.78, 5) is 32.3. The van der Waals surface area contributed by atoms with Crippen molar-refractivity contribution in [3.05, 3.63) is 64.7 Å². The Morgan fingerprint density at radius 2 is 1.85 bits per heavy atom. The maximum atomic E-state index is 13.1. The van der Waals surface area contributed by atoms with E-state index in [2.05, 4.69) is 0 Å². The molecule has 1 saturated heterocycles. The van der Waals surface area contributed by atoms with Gasteiger partial charge in [0.05, 0.1) is 16.2 Å². The van der Waals surface area contributed by atoms with Crippen LogP contribution in [0.2, 0.25) is 5.02 Å². The lowest BCUT2D eigenvalue weighted by atomic mass is 10.0. The van der Waals surface area contributed by atoms with Crippen molar-refractivity contribution in [3.8, 4) is 11.3 Å². The highest BCUT2D eigenvalue weighted by atomic mass is 35.5. The number of nitrogens with zero attached hydrogens (tertiary/aromatic N) is 3. The number of fused-ring (bicyclic) bond motifs is 1. The van der Waals surface area contributed by atoms with E-state index in [-0.39, 0.29) is 17.5 Å². The van der Waals surface area contributed by atoms with Crippen LogP contribution in [0.25, 0.3) is 22.2 Å². The van der Waals surface area contributed by atoms with Gasteiger partial charge < -0.3 is 20.6 Å². The number of rotatable bonds is 3. The van der Waals surface area contributed by atoms with Crippen LogP contribution in [0.1, 0.15) is 35.7 Å². The molecule has 0 radical (unpaired) electrons. The van der Waals surface area contributed by atoms with Gasteiger partial charge in [0.25, 0.3) is 5.91 Å². The first-order chi connectivity index (χ1) is 15.7. The molecule has 1 saturated carbocycles. The van der Waals surface area contributed by atoms with Crippen molar-refractivity contribution in [3.63, 3.8) is 0 Å². The summed E-state index contributed by atoms with van der Waals surface area (Å²) in [6, 6.07) is 15.0. The van der Waals surface area contributed by atoms with Crippen LogP contribution in [0.3, 0.4) is 0 Å². The number of carboxylic acid groups (broad SMARTS) is 1. The van der Waals surface area contributed by atoms with Crippen molar-refractivity contribution in [2.45, 2.75) is 31.3 Å². The van der Waals surface area contributed by atoms with Crippen molar-refractivity contribution >= 4 is 34.5 Å². The number of halogens is 1. The molecule has 2 heterocycles. The third-order valence-corrected chi connectivity index (χ3v) is 7.02. The van der Waals surface area contributed by atoms with Crippen molar-refractivity contribution < 1.29 is 14.7 Å². The van der Waals surface area contributed by atoms with Crippen LogP contribution in [0.5, 0.6) is 0 Å². The molecule has 5 rings (SSSR count). The van der Waals surface area contributed by atoms with E-state index in [0.717, 1.165) is 35.0 Å². The number of piperazine rings is 1. The van der Waals surface area contributed by atoms with Gasteiger partial charge in [0, 0.05) is 47.7 Å². The van der Waals surface area contributed by atoms with E-state index in [1.165, 1.54) is 4.90 Å². The van der Waals surface area contributed by atoms with Crippen molar-refractivity contribution in [1.29, 1.82) is 0 Å². The normalized spacial score (nSPS) is 19.5. The van der Waals surface area contributed by atoms with E-state index in [9.17, 15) is 14.7 Å². The van der Waals surface area contributed by atoms with Gasteiger partial charge >= 0.3 is 6.09 Å². The largest absolute Gasteiger partial charge is 0.465 e. The Labute approximate surface area is 196 Å². The minimum atomic E-state index is -0.960. The minimum absolute atomic E-state index is 0.140. The number of carbonyl (C=O) groups excluding carboxylic acids is 1. The van der Waals surface area contributed by atoms with Gasteiger partial charge in [0.15, 0.2) is 0 Å². The first kappa shape index (κ1) is 21.7. The second-order valence-corrected chi connectivity index (χ2v) is 9.44. The number of hydrogen-bond donors (Lipinski definition) is 2. The van der Waals surface area contributed by atoms with Gasteiger partial charge in [0.1, 0.15) is 0 Å². The van der Waals surface area contributed by atoms with Crippen LogP contribution >= 0.6 is 11.6 Å². The zero-order valence-electron chi connectivity index (χ0n) is 18.3. The van der Waals surface area contributed by atoms with Gasteiger partial charge in [0.2, 0.25) is 0 Å². The van der Waals surface area contributed by atoms with E-state index in [4.69, 9.17) is 22.3 Å². The topological polar surface area (TPSA) is 99.8 Å². The standard InChI is InChI=1S/C25H25ClN4O3/c1-15-14-29(10-11-30(15)24(32)33)23(31)17-4-7-19-20(26)13-21(28-22(19)12-17)16-2-5-18(6-3-16)25(27)8-9-25/h2-7,12-13,15H,8-11,14,27H2,1H3,(H,32,33). The lowest BCUT2D eigenvalue weighted by molar-refractivity contribution is 0.0507. The lowest BCUT2D eigenvalue weighted by Crippen LogP contribution is -2.55. The molecule has 2 fully saturated rings. The third-order valence-electron chi connectivity index (χ3n) is 6.71. The molecule has 1 aromatic heterocycles. The molecule has 3 N–H and O–H groups in total. The average Bonchev–Trinajstić information content (AvgIpc) is 3.56. The van der Waals surface area contributed by atoms with Gasteiger partial charge in [-0.15, -0.1) is 0 Å². The Morgan fingerprint density at radius 3 is 2.48 bits per heavy atom. The fourth-order valence-electron chi connectivity index (χ4n) is 4.47. The summed E-state index contributed by atoms with van der Waals surface area (Å²) in [7, 11) is 0. The molecular weight excluding hydrogens is 440 g/mol. The predicted molar refractivity (Wildman–Crippen MR) is 127 cm³/mol. The molecule has 1 unspecified atom stereocenters. The molecule has 33 heavy (non-hydrogen) atoms. The zero-order chi connectivity index (χ0) is 23.3. The molecule has 8 heteroatoms. The predicted octanol–water partition coefficient (Wildman–Crippen LogP) is 4.33. The summed E-state index contributed by atoms with van der Waals surface area (Å²) in [6.07, 6.45) is 1.05. The summed E-state index contributed by atoms with van der Waals surface area (Å²) < 4.78 is 0. The molecule has 2 aromatic carbocycles. The molecule has 0 bridgehead atoms. The smallest absolute Gasteiger partial charge is 0.407 e. The Morgan fingerprint density at radius 1 is 1.12 bits per heavy atom. The Balaban J connectivity index is 1.42. The maximum Gasteiger partial charge on any atom is 0.407 e. The molecule has 170 valence electrons. The van der Waals surface area contributed by atoms with Gasteiger partial charge in [-0.2, -0.15) is 0 Å². The van der Waals surface area contributed by atoms with Gasteiger partial charge in [-0.1, -0.05) is 41.9 Å².